The molecule has 0 aliphatic heterocycles. The standard InChI is InChI=1S/C13H16N2O3/c1-13(2)6-10(13)7-14-11-4-3-9(8-16)5-12(11)15(17)18/h3-5,8,10,14H,6-7H2,1-2H3. The van der Waals surface area contributed by atoms with E-state index in [0.29, 0.717) is 28.9 Å². The third-order valence-electron chi connectivity index (χ3n) is 3.61. The molecule has 18 heavy (non-hydrogen) atoms. The van der Waals surface area contributed by atoms with Crippen molar-refractivity contribution >= 4 is 17.7 Å². The van der Waals surface area contributed by atoms with Crippen LogP contribution in [0, 0.1) is 21.4 Å². The van der Waals surface area contributed by atoms with Crippen LogP contribution in [0.5, 0.6) is 0 Å². The number of nitrogens with one attached hydrogen (secondary N) is 1. The number of nitrogens with zero attached hydrogens (tertiary/aromatic N) is 1. The molecular formula is C13H16N2O3. The fraction of sp³-hybridized carbons (Fsp3) is 0.462. The quantitative estimate of drug-likeness (QED) is 0.494. The van der Waals surface area contributed by atoms with E-state index in [9.17, 15) is 14.9 Å². The Morgan fingerprint density at radius 1 is 1.56 bits per heavy atom. The number of benzene rings is 1. The Morgan fingerprint density at radius 3 is 2.72 bits per heavy atom. The van der Waals surface area contributed by atoms with Gasteiger partial charge in [-0.1, -0.05) is 13.8 Å². The minimum Gasteiger partial charge on any atom is -0.379 e. The zero-order valence-electron chi connectivity index (χ0n) is 10.5. The van der Waals surface area contributed by atoms with E-state index in [1.165, 1.54) is 6.07 Å². The molecule has 0 saturated heterocycles. The average Bonchev–Trinajstić information content (AvgIpc) is 2.94. The van der Waals surface area contributed by atoms with Gasteiger partial charge < -0.3 is 5.32 Å². The Kier molecular flexibility index (Phi) is 3.07. The number of aldehydes is 1. The van der Waals surface area contributed by atoms with E-state index in [4.69, 9.17) is 0 Å². The monoisotopic (exact) mass is 248 g/mol. The summed E-state index contributed by atoms with van der Waals surface area (Å²) in [6, 6.07) is 4.48. The predicted octanol–water partition coefficient (Wildman–Crippen LogP) is 2.87. The second-order valence-electron chi connectivity index (χ2n) is 5.42. The van der Waals surface area contributed by atoms with Crippen LogP contribution in [0.4, 0.5) is 11.4 Å². The highest BCUT2D eigenvalue weighted by molar-refractivity contribution is 5.79. The number of rotatable bonds is 5. The molecule has 1 aliphatic carbocycles. The molecular weight excluding hydrogens is 232 g/mol. The molecule has 0 radical (unpaired) electrons. The topological polar surface area (TPSA) is 72.2 Å². The van der Waals surface area contributed by atoms with Gasteiger partial charge in [0.15, 0.2) is 0 Å². The molecule has 5 heteroatoms. The Balaban J connectivity index is 2.12. The van der Waals surface area contributed by atoms with Gasteiger partial charge in [0.25, 0.3) is 5.69 Å². The number of carbonyl (C=O) groups excluding carboxylic acids is 1. The lowest BCUT2D eigenvalue weighted by Gasteiger charge is -2.08. The second kappa shape index (κ2) is 4.40. The summed E-state index contributed by atoms with van der Waals surface area (Å²) in [6.07, 6.45) is 1.75. The van der Waals surface area contributed by atoms with E-state index in [0.717, 1.165) is 13.0 Å². The third-order valence-corrected chi connectivity index (χ3v) is 3.61. The van der Waals surface area contributed by atoms with Crippen molar-refractivity contribution < 1.29 is 9.72 Å². The SMILES string of the molecule is CC1(C)CC1CNc1ccc(C=O)cc1[N+](=O)[O-]. The van der Waals surface area contributed by atoms with Crippen molar-refractivity contribution in [3.8, 4) is 0 Å². The van der Waals surface area contributed by atoms with Gasteiger partial charge in [0.2, 0.25) is 0 Å². The highest BCUT2D eigenvalue weighted by atomic mass is 16.6. The highest BCUT2D eigenvalue weighted by Crippen LogP contribution is 2.51. The summed E-state index contributed by atoms with van der Waals surface area (Å²) < 4.78 is 0. The van der Waals surface area contributed by atoms with Crippen LogP contribution in [0.15, 0.2) is 18.2 Å². The molecule has 1 atom stereocenters. The minimum absolute atomic E-state index is 0.0435. The van der Waals surface area contributed by atoms with Crippen LogP contribution >= 0.6 is 0 Å². The zero-order valence-corrected chi connectivity index (χ0v) is 10.5. The molecule has 96 valence electrons. The number of carbonyl (C=O) groups is 1. The molecule has 1 saturated carbocycles. The number of nitro groups is 1. The van der Waals surface area contributed by atoms with Gasteiger partial charge in [0, 0.05) is 18.2 Å². The van der Waals surface area contributed by atoms with E-state index in [2.05, 4.69) is 19.2 Å². The van der Waals surface area contributed by atoms with Crippen molar-refractivity contribution in [1.82, 2.24) is 0 Å². The van der Waals surface area contributed by atoms with Gasteiger partial charge in [0.05, 0.1) is 4.92 Å². The molecule has 0 spiro atoms. The van der Waals surface area contributed by atoms with Crippen molar-refractivity contribution in [1.29, 1.82) is 0 Å². The first-order valence-corrected chi connectivity index (χ1v) is 5.91. The Bertz CT molecular complexity index is 497. The maximum Gasteiger partial charge on any atom is 0.293 e. The summed E-state index contributed by atoms with van der Waals surface area (Å²) in [6.45, 7) is 5.10. The first kappa shape index (κ1) is 12.5. The van der Waals surface area contributed by atoms with Crippen LogP contribution in [-0.2, 0) is 0 Å². The van der Waals surface area contributed by atoms with Crippen molar-refractivity contribution in [2.24, 2.45) is 11.3 Å². The average molecular weight is 248 g/mol. The van der Waals surface area contributed by atoms with Crippen LogP contribution < -0.4 is 5.32 Å². The molecule has 1 N–H and O–H groups in total. The fourth-order valence-corrected chi connectivity index (χ4v) is 2.08. The number of nitro benzene ring substituents is 1. The first-order chi connectivity index (χ1) is 8.44. The molecule has 1 unspecified atom stereocenters. The van der Waals surface area contributed by atoms with Crippen LogP contribution in [0.25, 0.3) is 0 Å². The summed E-state index contributed by atoms with van der Waals surface area (Å²) in [5.74, 6) is 0.558. The lowest BCUT2D eigenvalue weighted by Crippen LogP contribution is -2.09. The molecule has 1 aromatic carbocycles. The molecule has 1 aromatic rings. The normalized spacial score (nSPS) is 20.2. The van der Waals surface area contributed by atoms with Gasteiger partial charge in [0.1, 0.15) is 12.0 Å². The lowest BCUT2D eigenvalue weighted by atomic mass is 10.1. The van der Waals surface area contributed by atoms with Gasteiger partial charge in [-0.3, -0.25) is 14.9 Å². The second-order valence-corrected chi connectivity index (χ2v) is 5.42. The molecule has 5 nitrogen and oxygen atoms in total. The predicted molar refractivity (Wildman–Crippen MR) is 68.9 cm³/mol. The Labute approximate surface area is 105 Å². The first-order valence-electron chi connectivity index (χ1n) is 5.91. The van der Waals surface area contributed by atoms with E-state index in [1.807, 2.05) is 0 Å². The minimum atomic E-state index is -0.465. The molecule has 1 aliphatic rings. The Hall–Kier alpha value is -1.91. The Morgan fingerprint density at radius 2 is 2.22 bits per heavy atom. The summed E-state index contributed by atoms with van der Waals surface area (Å²) in [5, 5.41) is 14.0. The molecule has 2 rings (SSSR count). The van der Waals surface area contributed by atoms with Crippen LogP contribution in [0.1, 0.15) is 30.6 Å². The van der Waals surface area contributed by atoms with E-state index < -0.39 is 4.92 Å². The zero-order chi connectivity index (χ0) is 13.3. The molecule has 1 fully saturated rings. The van der Waals surface area contributed by atoms with E-state index in [1.54, 1.807) is 12.1 Å². The van der Waals surface area contributed by atoms with Gasteiger partial charge in [-0.05, 0) is 29.9 Å². The van der Waals surface area contributed by atoms with Gasteiger partial charge in [-0.2, -0.15) is 0 Å². The smallest absolute Gasteiger partial charge is 0.293 e. The van der Waals surface area contributed by atoms with Crippen LogP contribution in [0.2, 0.25) is 0 Å². The van der Waals surface area contributed by atoms with E-state index >= 15 is 0 Å². The van der Waals surface area contributed by atoms with Gasteiger partial charge in [-0.25, -0.2) is 0 Å². The molecule has 0 aromatic heterocycles. The van der Waals surface area contributed by atoms with Crippen LogP contribution in [-0.4, -0.2) is 17.8 Å². The summed E-state index contributed by atoms with van der Waals surface area (Å²) in [4.78, 5) is 21.1. The fourth-order valence-electron chi connectivity index (χ4n) is 2.08. The summed E-state index contributed by atoms with van der Waals surface area (Å²) in [5.41, 5.74) is 1.09. The van der Waals surface area contributed by atoms with Crippen molar-refractivity contribution in [2.75, 3.05) is 11.9 Å². The highest BCUT2D eigenvalue weighted by Gasteiger charge is 2.45. The van der Waals surface area contributed by atoms with Gasteiger partial charge >= 0.3 is 0 Å². The van der Waals surface area contributed by atoms with Crippen molar-refractivity contribution in [2.45, 2.75) is 20.3 Å². The van der Waals surface area contributed by atoms with Gasteiger partial charge in [-0.15, -0.1) is 0 Å². The number of hydrogen-bond acceptors (Lipinski definition) is 4. The summed E-state index contributed by atoms with van der Waals surface area (Å²) in [7, 11) is 0. The third kappa shape index (κ3) is 2.50. The molecule has 0 bridgehead atoms. The molecule has 0 amide bonds. The maximum absolute atomic E-state index is 10.9. The largest absolute Gasteiger partial charge is 0.379 e. The number of hydrogen-bond donors (Lipinski definition) is 1. The maximum atomic E-state index is 10.9. The van der Waals surface area contributed by atoms with Crippen molar-refractivity contribution in [3.63, 3.8) is 0 Å². The summed E-state index contributed by atoms with van der Waals surface area (Å²) >= 11 is 0. The van der Waals surface area contributed by atoms with Crippen molar-refractivity contribution in [3.05, 3.63) is 33.9 Å². The molecule has 0 heterocycles. The van der Waals surface area contributed by atoms with Crippen LogP contribution in [0.3, 0.4) is 0 Å². The lowest BCUT2D eigenvalue weighted by molar-refractivity contribution is -0.384. The van der Waals surface area contributed by atoms with E-state index in [-0.39, 0.29) is 5.69 Å². The number of anilines is 1.